The van der Waals surface area contributed by atoms with Crippen molar-refractivity contribution in [2.75, 3.05) is 0 Å². The summed E-state index contributed by atoms with van der Waals surface area (Å²) in [6, 6.07) is 7.12. The Kier molecular flexibility index (Phi) is 3.25. The summed E-state index contributed by atoms with van der Waals surface area (Å²) in [6.07, 6.45) is 5.06. The highest BCUT2D eigenvalue weighted by Gasteiger charge is 2.54. The van der Waals surface area contributed by atoms with E-state index < -0.39 is 6.97 Å². The van der Waals surface area contributed by atoms with Gasteiger partial charge in [-0.25, -0.2) is 0 Å². The summed E-state index contributed by atoms with van der Waals surface area (Å²) in [7, 11) is 0. The van der Waals surface area contributed by atoms with E-state index >= 15 is 8.63 Å². The van der Waals surface area contributed by atoms with Crippen molar-refractivity contribution in [1.82, 2.24) is 9.46 Å². The van der Waals surface area contributed by atoms with E-state index in [9.17, 15) is 0 Å². The minimum atomic E-state index is -3.97. The number of pyridine rings is 1. The summed E-state index contributed by atoms with van der Waals surface area (Å²) in [4.78, 5) is 4.20. The number of fused-ring (bicyclic) bond motifs is 2. The lowest BCUT2D eigenvalue weighted by Gasteiger charge is -2.32. The van der Waals surface area contributed by atoms with Crippen LogP contribution in [0.25, 0.3) is 5.57 Å². The summed E-state index contributed by atoms with van der Waals surface area (Å²) in [6.45, 7) is -2.09. The summed E-state index contributed by atoms with van der Waals surface area (Å²) in [5.74, 6) is 0. The minimum absolute atomic E-state index is 0.354. The predicted molar refractivity (Wildman–Crippen MR) is 93.8 cm³/mol. The van der Waals surface area contributed by atoms with Crippen LogP contribution in [0, 0.1) is 6.92 Å². The predicted octanol–water partition coefficient (Wildman–Crippen LogP) is 4.33. The Morgan fingerprint density at radius 3 is 2.70 bits per heavy atom. The third-order valence-electron chi connectivity index (χ3n) is 4.06. The first kappa shape index (κ1) is 15.0. The average molecular weight is 441 g/mol. The number of nitrogens with zero attached hydrogens (tertiary/aromatic N) is 3. The van der Waals surface area contributed by atoms with Crippen LogP contribution in [0.4, 0.5) is 8.63 Å². The van der Waals surface area contributed by atoms with E-state index in [1.165, 1.54) is 0 Å². The van der Waals surface area contributed by atoms with Gasteiger partial charge in [-0.05, 0) is 52.7 Å². The zero-order valence-corrected chi connectivity index (χ0v) is 15.1. The zero-order valence-electron chi connectivity index (χ0n) is 12.0. The molecule has 0 saturated heterocycles. The van der Waals surface area contributed by atoms with Crippen LogP contribution < -0.4 is 0 Å². The van der Waals surface area contributed by atoms with Crippen molar-refractivity contribution in [1.29, 1.82) is 0 Å². The van der Waals surface area contributed by atoms with Gasteiger partial charge < -0.3 is 17.6 Å². The van der Waals surface area contributed by atoms with Crippen molar-refractivity contribution in [2.24, 2.45) is 0 Å². The van der Waals surface area contributed by atoms with Gasteiger partial charge in [-0.1, -0.05) is 0 Å². The second-order valence-electron chi connectivity index (χ2n) is 5.47. The molecule has 2 aliphatic rings. The molecular weight excluding hydrogens is 431 g/mol. The van der Waals surface area contributed by atoms with Crippen molar-refractivity contribution >= 4 is 49.0 Å². The van der Waals surface area contributed by atoms with Crippen molar-refractivity contribution < 1.29 is 13.1 Å². The highest BCUT2D eigenvalue weighted by Crippen LogP contribution is 2.41. The van der Waals surface area contributed by atoms with Gasteiger partial charge >= 0.3 is 6.97 Å². The Morgan fingerprint density at radius 1 is 1.17 bits per heavy atom. The molecule has 2 aromatic heterocycles. The van der Waals surface area contributed by atoms with Crippen LogP contribution in [0.3, 0.4) is 0 Å². The van der Waals surface area contributed by atoms with Gasteiger partial charge in [0.15, 0.2) is 5.70 Å². The first-order valence-electron chi connectivity index (χ1n) is 6.98. The molecule has 0 fully saturated rings. The molecule has 3 nitrogen and oxygen atoms in total. The molecule has 2 aliphatic heterocycles. The Bertz CT molecular complexity index is 944. The van der Waals surface area contributed by atoms with Gasteiger partial charge in [0.05, 0.1) is 10.2 Å². The third kappa shape index (κ3) is 2.04. The van der Waals surface area contributed by atoms with Crippen LogP contribution in [0.5, 0.6) is 0 Å². The van der Waals surface area contributed by atoms with Crippen molar-refractivity contribution in [2.45, 2.75) is 6.92 Å². The zero-order chi connectivity index (χ0) is 16.4. The Balaban J connectivity index is 2.12. The highest BCUT2D eigenvalue weighted by atomic mass is 79.9. The SMILES string of the molecule is Cc1cc(C2=C3C=CC(Br)=[N+]3[B-](F)(F)n3c(Br)ccc32)ccn1. The van der Waals surface area contributed by atoms with E-state index in [1.807, 2.05) is 19.1 Å². The third-order valence-corrected chi connectivity index (χ3v) is 5.35. The fourth-order valence-corrected chi connectivity index (χ4v) is 4.27. The van der Waals surface area contributed by atoms with Gasteiger partial charge in [0.2, 0.25) is 4.62 Å². The lowest BCUT2D eigenvalue weighted by molar-refractivity contribution is -0.358. The molecule has 0 N–H and O–H groups in total. The lowest BCUT2D eigenvalue weighted by Crippen LogP contribution is -2.50. The lowest BCUT2D eigenvalue weighted by atomic mass is 9.86. The topological polar surface area (TPSA) is 20.8 Å². The first-order valence-corrected chi connectivity index (χ1v) is 8.56. The van der Waals surface area contributed by atoms with Crippen LogP contribution in [0.2, 0.25) is 0 Å². The van der Waals surface area contributed by atoms with E-state index in [-0.39, 0.29) is 0 Å². The Morgan fingerprint density at radius 2 is 1.96 bits per heavy atom. The van der Waals surface area contributed by atoms with Crippen LogP contribution in [-0.2, 0) is 0 Å². The minimum Gasteiger partial charge on any atom is -0.389 e. The molecule has 4 heterocycles. The fraction of sp³-hybridized carbons (Fsp3) is 0.0667. The number of aryl methyl sites for hydroxylation is 1. The summed E-state index contributed by atoms with van der Waals surface area (Å²) >= 11 is 6.50. The smallest absolute Gasteiger partial charge is 0.389 e. The maximum atomic E-state index is 15.0. The Labute approximate surface area is 148 Å². The van der Waals surface area contributed by atoms with Gasteiger partial charge in [0.1, 0.15) is 0 Å². The van der Waals surface area contributed by atoms with Gasteiger partial charge in [0.25, 0.3) is 0 Å². The molecule has 0 unspecified atom stereocenters. The van der Waals surface area contributed by atoms with Crippen LogP contribution in [-0.4, -0.2) is 25.5 Å². The van der Waals surface area contributed by atoms with Gasteiger partial charge in [-0.2, -0.15) is 0 Å². The molecule has 0 bridgehead atoms. The molecule has 0 saturated carbocycles. The van der Waals surface area contributed by atoms with E-state index in [4.69, 9.17) is 0 Å². The van der Waals surface area contributed by atoms with Crippen LogP contribution in [0.1, 0.15) is 17.0 Å². The normalized spacial score (nSPS) is 18.5. The standard InChI is InChI=1S/C15H10BBr2F2N3/c1-9-8-10(6-7-21-9)15-11-2-4-13(17)22(11)16(19,20)23-12(15)3-5-14(23)18/h2-8H,1H3. The van der Waals surface area contributed by atoms with Gasteiger partial charge in [-0.15, -0.1) is 0 Å². The number of hydrogen-bond donors (Lipinski definition) is 0. The maximum Gasteiger partial charge on any atom is 0.738 e. The molecule has 2 aromatic rings. The molecule has 23 heavy (non-hydrogen) atoms. The average Bonchev–Trinajstić information content (AvgIpc) is 3.05. The highest BCUT2D eigenvalue weighted by molar-refractivity contribution is 9.18. The molecule has 116 valence electrons. The molecule has 4 rings (SSSR count). The van der Waals surface area contributed by atoms with E-state index in [0.29, 0.717) is 20.6 Å². The van der Waals surface area contributed by atoms with Gasteiger partial charge in [-0.3, -0.25) is 4.98 Å². The van der Waals surface area contributed by atoms with Crippen LogP contribution in [0.15, 0.2) is 52.9 Å². The molecule has 8 heteroatoms. The number of aromatic nitrogens is 2. The Hall–Kier alpha value is -1.54. The molecule has 0 aliphatic carbocycles. The molecule has 0 aromatic carbocycles. The second-order valence-corrected chi connectivity index (χ2v) is 7.10. The van der Waals surface area contributed by atoms with Crippen molar-refractivity contribution in [3.05, 3.63) is 69.9 Å². The molecule has 0 amide bonds. The fourth-order valence-electron chi connectivity index (χ4n) is 3.13. The maximum absolute atomic E-state index is 15.0. The quantitative estimate of drug-likeness (QED) is 0.605. The molecular formula is C15H10BBr2F2N3. The first-order chi connectivity index (χ1) is 10.9. The number of allylic oxidation sites excluding steroid dienone is 2. The number of rotatable bonds is 1. The van der Waals surface area contributed by atoms with E-state index in [0.717, 1.165) is 25.8 Å². The molecule has 0 radical (unpaired) electrons. The van der Waals surface area contributed by atoms with E-state index in [2.05, 4.69) is 36.8 Å². The largest absolute Gasteiger partial charge is 0.738 e. The number of halogens is 4. The van der Waals surface area contributed by atoms with Crippen LogP contribution >= 0.6 is 31.9 Å². The molecule has 0 atom stereocenters. The summed E-state index contributed by atoms with van der Waals surface area (Å²) < 4.78 is 32.9. The summed E-state index contributed by atoms with van der Waals surface area (Å²) in [5.41, 5.74) is 3.45. The number of hydrogen-bond acceptors (Lipinski definition) is 1. The van der Waals surface area contributed by atoms with Gasteiger partial charge in [0, 0.05) is 45.7 Å². The van der Waals surface area contributed by atoms with Crippen molar-refractivity contribution in [3.63, 3.8) is 0 Å². The van der Waals surface area contributed by atoms with E-state index in [1.54, 1.807) is 30.5 Å². The monoisotopic (exact) mass is 439 g/mol. The second kappa shape index (κ2) is 4.98. The molecule has 0 spiro atoms. The van der Waals surface area contributed by atoms with Crippen molar-refractivity contribution in [3.8, 4) is 0 Å². The summed E-state index contributed by atoms with van der Waals surface area (Å²) in [5, 5.41) is 0.